The maximum Gasteiger partial charge on any atom is 0.283 e. The fourth-order valence-corrected chi connectivity index (χ4v) is 3.52. The molecule has 0 aliphatic carbocycles. The van der Waals surface area contributed by atoms with Crippen LogP contribution in [0.5, 0.6) is 0 Å². The second-order valence-electron chi connectivity index (χ2n) is 5.51. The van der Waals surface area contributed by atoms with E-state index in [2.05, 4.69) is 34.4 Å². The van der Waals surface area contributed by atoms with Crippen LogP contribution in [-0.2, 0) is 9.59 Å². The topological polar surface area (TPSA) is 43.9 Å². The van der Waals surface area contributed by atoms with Gasteiger partial charge in [0, 0.05) is 29.7 Å². The van der Waals surface area contributed by atoms with E-state index in [9.17, 15) is 9.59 Å². The fraction of sp³-hybridized carbons (Fsp3) is 0.375. The molecule has 23 heavy (non-hydrogen) atoms. The zero-order valence-corrected chi connectivity index (χ0v) is 15.7. The Morgan fingerprint density at radius 1 is 1.04 bits per heavy atom. The second-order valence-corrected chi connectivity index (χ2v) is 7.13. The van der Waals surface area contributed by atoms with Gasteiger partial charge in [-0.05, 0) is 53.4 Å². The Morgan fingerprint density at radius 3 is 2.22 bits per heavy atom. The summed E-state index contributed by atoms with van der Waals surface area (Å²) in [6.45, 7) is 6.26. The molecule has 3 rings (SSSR count). The first-order valence-corrected chi connectivity index (χ1v) is 9.00. The van der Waals surface area contributed by atoms with Crippen LogP contribution in [-0.4, -0.2) is 54.3 Å². The molecule has 5 nitrogen and oxygen atoms in total. The van der Waals surface area contributed by atoms with Crippen molar-refractivity contribution >= 4 is 51.7 Å². The molecule has 7 heteroatoms. The number of benzene rings is 1. The Bertz CT molecular complexity index is 666. The third kappa shape index (κ3) is 3.12. The summed E-state index contributed by atoms with van der Waals surface area (Å²) in [5.74, 6) is -0.767. The Kier molecular flexibility index (Phi) is 4.93. The molecule has 0 N–H and O–H groups in total. The van der Waals surface area contributed by atoms with Crippen molar-refractivity contribution in [3.63, 3.8) is 0 Å². The van der Waals surface area contributed by atoms with Crippen LogP contribution in [0.3, 0.4) is 0 Å². The summed E-state index contributed by atoms with van der Waals surface area (Å²) in [5, 5.41) is 0.0264. The molecule has 0 aromatic heterocycles. The number of piperazine rings is 1. The predicted octanol–water partition coefficient (Wildman–Crippen LogP) is 2.25. The predicted molar refractivity (Wildman–Crippen MR) is 98.2 cm³/mol. The van der Waals surface area contributed by atoms with Gasteiger partial charge in [-0.25, -0.2) is 4.90 Å². The van der Waals surface area contributed by atoms with Gasteiger partial charge in [-0.15, -0.1) is 0 Å². The molecular formula is C16H17ClIN3O2. The number of carbonyl (C=O) groups excluding carboxylic acids is 2. The molecule has 0 unspecified atom stereocenters. The van der Waals surface area contributed by atoms with Gasteiger partial charge in [0.05, 0.1) is 5.69 Å². The summed E-state index contributed by atoms with van der Waals surface area (Å²) in [6.07, 6.45) is 0. The number of likely N-dealkylation sites (N-methyl/N-ethyl adjacent to an activating group) is 1. The summed E-state index contributed by atoms with van der Waals surface area (Å²) < 4.78 is 1.04. The summed E-state index contributed by atoms with van der Waals surface area (Å²) in [6, 6.07) is 7.25. The lowest BCUT2D eigenvalue weighted by Gasteiger charge is -2.35. The highest BCUT2D eigenvalue weighted by atomic mass is 127. The van der Waals surface area contributed by atoms with Crippen molar-refractivity contribution < 1.29 is 9.59 Å². The van der Waals surface area contributed by atoms with Gasteiger partial charge >= 0.3 is 0 Å². The summed E-state index contributed by atoms with van der Waals surface area (Å²) in [4.78, 5) is 30.6. The van der Waals surface area contributed by atoms with Crippen molar-refractivity contribution in [2.24, 2.45) is 0 Å². The lowest BCUT2D eigenvalue weighted by Crippen LogP contribution is -2.47. The molecule has 0 atom stereocenters. The molecule has 0 radical (unpaired) electrons. The van der Waals surface area contributed by atoms with Gasteiger partial charge in [-0.3, -0.25) is 9.59 Å². The number of rotatable bonds is 3. The smallest absolute Gasteiger partial charge is 0.283 e. The first kappa shape index (κ1) is 16.7. The largest absolute Gasteiger partial charge is 0.363 e. The molecule has 2 aliphatic rings. The van der Waals surface area contributed by atoms with E-state index >= 15 is 0 Å². The average molecular weight is 446 g/mol. The van der Waals surface area contributed by atoms with Crippen LogP contribution < -0.4 is 4.90 Å². The highest BCUT2D eigenvalue weighted by Crippen LogP contribution is 2.31. The highest BCUT2D eigenvalue weighted by molar-refractivity contribution is 14.1. The molecule has 0 bridgehead atoms. The lowest BCUT2D eigenvalue weighted by molar-refractivity contribution is -0.121. The minimum Gasteiger partial charge on any atom is -0.363 e. The number of anilines is 1. The molecule has 2 amide bonds. The van der Waals surface area contributed by atoms with Crippen LogP contribution in [0.2, 0.25) is 0 Å². The summed E-state index contributed by atoms with van der Waals surface area (Å²) >= 11 is 8.40. The van der Waals surface area contributed by atoms with Gasteiger partial charge in [0.25, 0.3) is 11.8 Å². The van der Waals surface area contributed by atoms with E-state index in [1.807, 2.05) is 17.0 Å². The first-order chi connectivity index (χ1) is 11.0. The van der Waals surface area contributed by atoms with Gasteiger partial charge in [0.15, 0.2) is 0 Å². The second kappa shape index (κ2) is 6.78. The standard InChI is InChI=1S/C16H17ClIN3O2/c1-2-19-7-9-20(10-8-19)14-13(17)15(22)21(16(14)23)12-5-3-11(18)4-6-12/h3-6H,2,7-10H2,1H3. The molecule has 1 fully saturated rings. The van der Waals surface area contributed by atoms with Gasteiger partial charge in [0.2, 0.25) is 0 Å². The molecule has 1 aromatic carbocycles. The normalized spacial score (nSPS) is 20.0. The molecule has 0 saturated carbocycles. The van der Waals surface area contributed by atoms with Crippen molar-refractivity contribution in [3.05, 3.63) is 38.6 Å². The quantitative estimate of drug-likeness (QED) is 0.529. The number of imide groups is 1. The maximum atomic E-state index is 12.8. The minimum atomic E-state index is -0.439. The van der Waals surface area contributed by atoms with Crippen molar-refractivity contribution in [1.82, 2.24) is 9.80 Å². The van der Waals surface area contributed by atoms with Crippen molar-refractivity contribution in [2.75, 3.05) is 37.6 Å². The van der Waals surface area contributed by atoms with Crippen LogP contribution in [0.4, 0.5) is 5.69 Å². The molecule has 1 saturated heterocycles. The van der Waals surface area contributed by atoms with E-state index in [1.165, 1.54) is 4.90 Å². The first-order valence-electron chi connectivity index (χ1n) is 7.54. The van der Waals surface area contributed by atoms with Crippen molar-refractivity contribution in [2.45, 2.75) is 6.92 Å². The Labute approximate surface area is 154 Å². The number of amides is 2. The van der Waals surface area contributed by atoms with Gasteiger partial charge in [-0.2, -0.15) is 0 Å². The number of hydrogen-bond acceptors (Lipinski definition) is 4. The van der Waals surface area contributed by atoms with E-state index in [4.69, 9.17) is 11.6 Å². The van der Waals surface area contributed by atoms with Gasteiger partial charge < -0.3 is 9.80 Å². The summed E-state index contributed by atoms with van der Waals surface area (Å²) in [7, 11) is 0. The third-order valence-corrected chi connectivity index (χ3v) is 5.28. The van der Waals surface area contributed by atoms with E-state index in [0.29, 0.717) is 24.5 Å². The number of halogens is 2. The lowest BCUT2D eigenvalue weighted by atomic mass is 10.2. The fourth-order valence-electron chi connectivity index (χ4n) is 2.88. The Morgan fingerprint density at radius 2 is 1.65 bits per heavy atom. The third-order valence-electron chi connectivity index (χ3n) is 4.22. The minimum absolute atomic E-state index is 0.0264. The molecule has 122 valence electrons. The maximum absolute atomic E-state index is 12.8. The molecule has 2 heterocycles. The molecule has 0 spiro atoms. The number of hydrogen-bond donors (Lipinski definition) is 0. The zero-order valence-electron chi connectivity index (χ0n) is 12.8. The SMILES string of the molecule is CCN1CCN(C2=C(Cl)C(=O)N(c3ccc(I)cc3)C2=O)CC1. The average Bonchev–Trinajstić information content (AvgIpc) is 2.78. The van der Waals surface area contributed by atoms with Crippen molar-refractivity contribution in [3.8, 4) is 0 Å². The monoisotopic (exact) mass is 445 g/mol. The van der Waals surface area contributed by atoms with Crippen LogP contribution >= 0.6 is 34.2 Å². The van der Waals surface area contributed by atoms with E-state index in [-0.39, 0.29) is 10.9 Å². The van der Waals surface area contributed by atoms with E-state index < -0.39 is 5.91 Å². The Balaban J connectivity index is 1.84. The molecule has 2 aliphatic heterocycles. The van der Waals surface area contributed by atoms with E-state index in [1.54, 1.807) is 12.1 Å². The van der Waals surface area contributed by atoms with Gasteiger partial charge in [0.1, 0.15) is 10.7 Å². The van der Waals surface area contributed by atoms with Crippen LogP contribution in [0.25, 0.3) is 0 Å². The van der Waals surface area contributed by atoms with E-state index in [0.717, 1.165) is 23.2 Å². The summed E-state index contributed by atoms with van der Waals surface area (Å²) in [5.41, 5.74) is 0.895. The number of carbonyl (C=O) groups is 2. The van der Waals surface area contributed by atoms with Crippen molar-refractivity contribution in [1.29, 1.82) is 0 Å². The molecule has 1 aromatic rings. The Hall–Kier alpha value is -1.12. The van der Waals surface area contributed by atoms with Crippen LogP contribution in [0.1, 0.15) is 6.92 Å². The van der Waals surface area contributed by atoms with Gasteiger partial charge in [-0.1, -0.05) is 18.5 Å². The van der Waals surface area contributed by atoms with Crippen LogP contribution in [0, 0.1) is 3.57 Å². The molecular weight excluding hydrogens is 429 g/mol. The highest BCUT2D eigenvalue weighted by Gasteiger charge is 2.41. The van der Waals surface area contributed by atoms with Crippen LogP contribution in [0.15, 0.2) is 35.0 Å². The number of nitrogens with zero attached hydrogens (tertiary/aromatic N) is 3. The zero-order chi connectivity index (χ0) is 16.6.